The fraction of sp³-hybridized carbons (Fsp3) is 0.556. The number of rotatable bonds is 0. The lowest BCUT2D eigenvalue weighted by Gasteiger charge is -2.16. The zero-order valence-electron chi connectivity index (χ0n) is 6.63. The van der Waals surface area contributed by atoms with Crippen molar-refractivity contribution in [2.45, 2.75) is 32.3 Å². The minimum absolute atomic E-state index is 0.177. The summed E-state index contributed by atoms with van der Waals surface area (Å²) in [5, 5.41) is 9.58. The van der Waals surface area contributed by atoms with E-state index in [9.17, 15) is 5.11 Å². The highest BCUT2D eigenvalue weighted by Crippen LogP contribution is 2.34. The minimum atomic E-state index is -0.177. The number of thiophene rings is 1. The number of aliphatic hydroxyl groups excluding tert-OH is 1. The summed E-state index contributed by atoms with van der Waals surface area (Å²) >= 11 is 1.83. The highest BCUT2D eigenvalue weighted by Gasteiger charge is 2.19. The molecule has 11 heavy (non-hydrogen) atoms. The summed E-state index contributed by atoms with van der Waals surface area (Å²) in [5.41, 5.74) is 1.19. The molecule has 1 aromatic rings. The van der Waals surface area contributed by atoms with Gasteiger partial charge in [-0.15, -0.1) is 11.3 Å². The first kappa shape index (κ1) is 7.32. The first-order valence-electron chi connectivity index (χ1n) is 4.04. The maximum Gasteiger partial charge on any atom is 0.0801 e. The van der Waals surface area contributed by atoms with Gasteiger partial charge < -0.3 is 5.11 Å². The molecule has 60 valence electrons. The fourth-order valence-electron chi connectivity index (χ4n) is 1.67. The van der Waals surface area contributed by atoms with Gasteiger partial charge in [0, 0.05) is 9.75 Å². The van der Waals surface area contributed by atoms with Gasteiger partial charge in [-0.05, 0) is 37.8 Å². The summed E-state index contributed by atoms with van der Waals surface area (Å²) in [5.74, 6) is 0. The smallest absolute Gasteiger partial charge is 0.0801 e. The predicted octanol–water partition coefficient (Wildman–Crippen LogP) is 2.43. The van der Waals surface area contributed by atoms with E-state index in [-0.39, 0.29) is 6.10 Å². The number of aryl methyl sites for hydroxylation is 2. The molecule has 1 aliphatic rings. The van der Waals surface area contributed by atoms with E-state index in [2.05, 4.69) is 13.0 Å². The number of hydrogen-bond acceptors (Lipinski definition) is 2. The molecule has 0 saturated heterocycles. The average molecular weight is 168 g/mol. The van der Waals surface area contributed by atoms with Crippen LogP contribution in [0.3, 0.4) is 0 Å². The summed E-state index contributed by atoms with van der Waals surface area (Å²) in [6.45, 7) is 2.11. The van der Waals surface area contributed by atoms with Gasteiger partial charge in [-0.2, -0.15) is 0 Å². The lowest BCUT2D eigenvalue weighted by atomic mass is 9.96. The largest absolute Gasteiger partial charge is 0.388 e. The van der Waals surface area contributed by atoms with E-state index < -0.39 is 0 Å². The molecule has 2 rings (SSSR count). The Hall–Kier alpha value is -0.340. The molecule has 0 saturated carbocycles. The summed E-state index contributed by atoms with van der Waals surface area (Å²) in [4.78, 5) is 2.73. The summed E-state index contributed by atoms with van der Waals surface area (Å²) < 4.78 is 0. The Balaban J connectivity index is 2.43. The van der Waals surface area contributed by atoms with Crippen molar-refractivity contribution in [3.05, 3.63) is 21.4 Å². The Bertz CT molecular complexity index is 265. The molecule has 1 nitrogen and oxygen atoms in total. The van der Waals surface area contributed by atoms with E-state index in [0.29, 0.717) is 0 Å². The van der Waals surface area contributed by atoms with Gasteiger partial charge in [0.2, 0.25) is 0 Å². The first-order valence-corrected chi connectivity index (χ1v) is 4.86. The molecule has 0 bridgehead atoms. The SMILES string of the molecule is Cc1cc2c(s1)CCCC2O. The van der Waals surface area contributed by atoms with Crippen LogP contribution in [0.4, 0.5) is 0 Å². The van der Waals surface area contributed by atoms with Gasteiger partial charge in [-0.25, -0.2) is 0 Å². The molecular formula is C9H12OS. The summed E-state index contributed by atoms with van der Waals surface area (Å²) in [6, 6.07) is 2.13. The molecule has 1 heterocycles. The van der Waals surface area contributed by atoms with Crippen LogP contribution in [0.5, 0.6) is 0 Å². The Morgan fingerprint density at radius 3 is 3.18 bits per heavy atom. The maximum absolute atomic E-state index is 9.58. The van der Waals surface area contributed by atoms with Crippen molar-refractivity contribution >= 4 is 11.3 Å². The van der Waals surface area contributed by atoms with E-state index in [1.54, 1.807) is 0 Å². The molecule has 1 atom stereocenters. The number of aliphatic hydroxyl groups is 1. The van der Waals surface area contributed by atoms with Crippen LogP contribution < -0.4 is 0 Å². The van der Waals surface area contributed by atoms with E-state index in [4.69, 9.17) is 0 Å². The highest BCUT2D eigenvalue weighted by atomic mass is 32.1. The van der Waals surface area contributed by atoms with Gasteiger partial charge in [0.15, 0.2) is 0 Å². The van der Waals surface area contributed by atoms with Crippen molar-refractivity contribution in [3.8, 4) is 0 Å². The van der Waals surface area contributed by atoms with Crippen molar-refractivity contribution in [1.82, 2.24) is 0 Å². The van der Waals surface area contributed by atoms with E-state index >= 15 is 0 Å². The third-order valence-corrected chi connectivity index (χ3v) is 3.33. The second kappa shape index (κ2) is 2.61. The van der Waals surface area contributed by atoms with Crippen LogP contribution >= 0.6 is 11.3 Å². The zero-order chi connectivity index (χ0) is 7.84. The average Bonchev–Trinajstić information content (AvgIpc) is 2.31. The molecule has 0 amide bonds. The zero-order valence-corrected chi connectivity index (χ0v) is 7.45. The Kier molecular flexibility index (Phi) is 1.74. The summed E-state index contributed by atoms with van der Waals surface area (Å²) in [7, 11) is 0. The van der Waals surface area contributed by atoms with Crippen molar-refractivity contribution in [2.24, 2.45) is 0 Å². The van der Waals surface area contributed by atoms with Crippen LogP contribution in [-0.4, -0.2) is 5.11 Å². The van der Waals surface area contributed by atoms with E-state index in [1.165, 1.54) is 21.7 Å². The van der Waals surface area contributed by atoms with Crippen LogP contribution in [-0.2, 0) is 6.42 Å². The highest BCUT2D eigenvalue weighted by molar-refractivity contribution is 7.12. The standard InChI is InChI=1S/C9H12OS/c1-6-5-7-8(10)3-2-4-9(7)11-6/h5,8,10H,2-4H2,1H3. The second-order valence-electron chi connectivity index (χ2n) is 3.14. The van der Waals surface area contributed by atoms with Gasteiger partial charge in [0.1, 0.15) is 0 Å². The number of hydrogen-bond donors (Lipinski definition) is 1. The van der Waals surface area contributed by atoms with Gasteiger partial charge in [0.25, 0.3) is 0 Å². The minimum Gasteiger partial charge on any atom is -0.388 e. The van der Waals surface area contributed by atoms with Gasteiger partial charge in [0.05, 0.1) is 6.10 Å². The third-order valence-electron chi connectivity index (χ3n) is 2.21. The van der Waals surface area contributed by atoms with Crippen LogP contribution in [0.15, 0.2) is 6.07 Å². The normalized spacial score (nSPS) is 23.3. The maximum atomic E-state index is 9.58. The van der Waals surface area contributed by atoms with Crippen LogP contribution in [0.2, 0.25) is 0 Å². The fourth-order valence-corrected chi connectivity index (χ4v) is 2.80. The molecule has 0 aliphatic heterocycles. The topological polar surface area (TPSA) is 20.2 Å². The van der Waals surface area contributed by atoms with Crippen molar-refractivity contribution in [2.75, 3.05) is 0 Å². The Morgan fingerprint density at radius 2 is 2.45 bits per heavy atom. The van der Waals surface area contributed by atoms with Gasteiger partial charge in [-0.3, -0.25) is 0 Å². The molecule has 0 radical (unpaired) electrons. The predicted molar refractivity (Wildman–Crippen MR) is 47.0 cm³/mol. The van der Waals surface area contributed by atoms with Crippen molar-refractivity contribution in [1.29, 1.82) is 0 Å². The van der Waals surface area contributed by atoms with Crippen LogP contribution in [0.1, 0.15) is 34.3 Å². The molecular weight excluding hydrogens is 156 g/mol. The third kappa shape index (κ3) is 1.21. The molecule has 0 fully saturated rings. The quantitative estimate of drug-likeness (QED) is 0.630. The molecule has 1 unspecified atom stereocenters. The monoisotopic (exact) mass is 168 g/mol. The Morgan fingerprint density at radius 1 is 1.64 bits per heavy atom. The lowest BCUT2D eigenvalue weighted by molar-refractivity contribution is 0.157. The molecule has 0 aromatic carbocycles. The first-order chi connectivity index (χ1) is 5.27. The Labute approximate surface area is 70.7 Å². The molecule has 1 aromatic heterocycles. The molecule has 2 heteroatoms. The van der Waals surface area contributed by atoms with Crippen molar-refractivity contribution in [3.63, 3.8) is 0 Å². The van der Waals surface area contributed by atoms with Crippen LogP contribution in [0, 0.1) is 6.92 Å². The lowest BCUT2D eigenvalue weighted by Crippen LogP contribution is -2.05. The van der Waals surface area contributed by atoms with Gasteiger partial charge >= 0.3 is 0 Å². The molecule has 1 aliphatic carbocycles. The molecule has 1 N–H and O–H groups in total. The van der Waals surface area contributed by atoms with Crippen molar-refractivity contribution < 1.29 is 5.11 Å². The van der Waals surface area contributed by atoms with Gasteiger partial charge in [-0.1, -0.05) is 0 Å². The van der Waals surface area contributed by atoms with E-state index in [1.807, 2.05) is 11.3 Å². The molecule has 0 spiro atoms. The second-order valence-corrected chi connectivity index (χ2v) is 4.48. The summed E-state index contributed by atoms with van der Waals surface area (Å²) in [6.07, 6.45) is 3.09. The van der Waals surface area contributed by atoms with E-state index in [0.717, 1.165) is 12.8 Å². The van der Waals surface area contributed by atoms with Crippen LogP contribution in [0.25, 0.3) is 0 Å². The number of fused-ring (bicyclic) bond motifs is 1.